The first-order chi connectivity index (χ1) is 9.57. The zero-order chi connectivity index (χ0) is 16.1. The third-order valence-electron chi connectivity index (χ3n) is 4.59. The van der Waals surface area contributed by atoms with Crippen molar-refractivity contribution in [2.75, 3.05) is 6.54 Å². The standard InChI is InChI=1S/C16H34N2O2Si/c1-16(17,12-18-15(19)20)11-14-7-5-6-13(10-14)8-9-21(2,3)4/h13-14,18H,5-12,17H2,1-4H3,(H,19,20). The van der Waals surface area contributed by atoms with Gasteiger partial charge in [0.25, 0.3) is 0 Å². The van der Waals surface area contributed by atoms with Gasteiger partial charge in [0.1, 0.15) is 0 Å². The van der Waals surface area contributed by atoms with Gasteiger partial charge in [0.15, 0.2) is 0 Å². The molecule has 0 saturated heterocycles. The fourth-order valence-corrected chi connectivity index (χ4v) is 4.77. The van der Waals surface area contributed by atoms with Crippen molar-refractivity contribution in [3.63, 3.8) is 0 Å². The summed E-state index contributed by atoms with van der Waals surface area (Å²) in [6.07, 6.45) is 6.54. The summed E-state index contributed by atoms with van der Waals surface area (Å²) >= 11 is 0. The molecule has 0 heterocycles. The predicted molar refractivity (Wildman–Crippen MR) is 91.5 cm³/mol. The van der Waals surface area contributed by atoms with Crippen LogP contribution in [-0.2, 0) is 0 Å². The lowest BCUT2D eigenvalue weighted by molar-refractivity contribution is 0.183. The van der Waals surface area contributed by atoms with Crippen molar-refractivity contribution in [2.45, 2.75) is 76.7 Å². The molecule has 1 amide bonds. The predicted octanol–water partition coefficient (Wildman–Crippen LogP) is 3.90. The van der Waals surface area contributed by atoms with Crippen LogP contribution in [0.1, 0.15) is 45.4 Å². The molecule has 1 rings (SSSR count). The van der Waals surface area contributed by atoms with E-state index in [-0.39, 0.29) is 0 Å². The Morgan fingerprint density at radius 3 is 2.52 bits per heavy atom. The zero-order valence-electron chi connectivity index (χ0n) is 14.2. The van der Waals surface area contributed by atoms with E-state index < -0.39 is 19.7 Å². The molecule has 0 radical (unpaired) electrons. The van der Waals surface area contributed by atoms with E-state index in [1.165, 1.54) is 38.1 Å². The second-order valence-corrected chi connectivity index (χ2v) is 14.1. The normalized spacial score (nSPS) is 26.1. The Morgan fingerprint density at radius 2 is 1.95 bits per heavy atom. The topological polar surface area (TPSA) is 75.3 Å². The van der Waals surface area contributed by atoms with Gasteiger partial charge in [-0.1, -0.05) is 51.4 Å². The molecule has 0 spiro atoms. The summed E-state index contributed by atoms with van der Waals surface area (Å²) in [6.45, 7) is 9.65. The third kappa shape index (κ3) is 8.46. The van der Waals surface area contributed by atoms with E-state index in [4.69, 9.17) is 10.8 Å². The summed E-state index contributed by atoms with van der Waals surface area (Å²) in [7, 11) is -0.935. The number of rotatable bonds is 7. The Labute approximate surface area is 130 Å². The van der Waals surface area contributed by atoms with Crippen molar-refractivity contribution in [3.05, 3.63) is 0 Å². The van der Waals surface area contributed by atoms with Gasteiger partial charge in [0.05, 0.1) is 0 Å². The number of hydrogen-bond acceptors (Lipinski definition) is 2. The van der Waals surface area contributed by atoms with Gasteiger partial charge in [-0.25, -0.2) is 4.79 Å². The van der Waals surface area contributed by atoms with Crippen LogP contribution in [0.5, 0.6) is 0 Å². The molecule has 4 nitrogen and oxygen atoms in total. The van der Waals surface area contributed by atoms with Crippen LogP contribution < -0.4 is 11.1 Å². The summed E-state index contributed by atoms with van der Waals surface area (Å²) in [4.78, 5) is 10.6. The number of carboxylic acid groups (broad SMARTS) is 1. The van der Waals surface area contributed by atoms with Crippen LogP contribution in [-0.4, -0.2) is 31.4 Å². The van der Waals surface area contributed by atoms with Crippen molar-refractivity contribution >= 4 is 14.2 Å². The minimum Gasteiger partial charge on any atom is -0.465 e. The van der Waals surface area contributed by atoms with Crippen LogP contribution in [0.15, 0.2) is 0 Å². The molecule has 0 aromatic carbocycles. The molecule has 0 aromatic rings. The number of carbonyl (C=O) groups is 1. The monoisotopic (exact) mass is 314 g/mol. The first kappa shape index (κ1) is 18.5. The lowest BCUT2D eigenvalue weighted by Crippen LogP contribution is -2.49. The van der Waals surface area contributed by atoms with Gasteiger partial charge < -0.3 is 16.2 Å². The van der Waals surface area contributed by atoms with Crippen LogP contribution in [0.2, 0.25) is 25.7 Å². The molecular weight excluding hydrogens is 280 g/mol. The molecule has 3 unspecified atom stereocenters. The van der Waals surface area contributed by atoms with Gasteiger partial charge in [-0.15, -0.1) is 0 Å². The van der Waals surface area contributed by atoms with Crippen molar-refractivity contribution in [1.29, 1.82) is 0 Å². The Hall–Kier alpha value is -0.553. The minimum absolute atomic E-state index is 0.346. The second kappa shape index (κ2) is 7.63. The zero-order valence-corrected chi connectivity index (χ0v) is 15.2. The summed E-state index contributed by atoms with van der Waals surface area (Å²) in [5.74, 6) is 1.52. The van der Waals surface area contributed by atoms with Gasteiger partial charge in [-0.3, -0.25) is 0 Å². The van der Waals surface area contributed by atoms with Crippen LogP contribution in [0.3, 0.4) is 0 Å². The summed E-state index contributed by atoms with van der Waals surface area (Å²) in [5, 5.41) is 11.1. The molecule has 124 valence electrons. The van der Waals surface area contributed by atoms with Crippen LogP contribution in [0, 0.1) is 11.8 Å². The SMILES string of the molecule is CC(N)(CNC(=O)O)CC1CCCC(CC[Si](C)(C)C)C1. The highest BCUT2D eigenvalue weighted by atomic mass is 28.3. The summed E-state index contributed by atoms with van der Waals surface area (Å²) in [5.41, 5.74) is 5.84. The minimum atomic E-state index is -0.983. The lowest BCUT2D eigenvalue weighted by atomic mass is 9.75. The van der Waals surface area contributed by atoms with E-state index in [1.54, 1.807) is 0 Å². The average Bonchev–Trinajstić information content (AvgIpc) is 2.33. The third-order valence-corrected chi connectivity index (χ3v) is 6.38. The van der Waals surface area contributed by atoms with Crippen LogP contribution in [0.4, 0.5) is 4.79 Å². The van der Waals surface area contributed by atoms with Crippen molar-refractivity contribution in [3.8, 4) is 0 Å². The second-order valence-electron chi connectivity index (χ2n) is 8.51. The number of hydrogen-bond donors (Lipinski definition) is 3. The van der Waals surface area contributed by atoms with Crippen molar-refractivity contribution < 1.29 is 9.90 Å². The molecule has 21 heavy (non-hydrogen) atoms. The van der Waals surface area contributed by atoms with Gasteiger partial charge in [0, 0.05) is 20.2 Å². The van der Waals surface area contributed by atoms with E-state index in [2.05, 4.69) is 25.0 Å². The molecule has 4 N–H and O–H groups in total. The maximum Gasteiger partial charge on any atom is 0.404 e. The largest absolute Gasteiger partial charge is 0.465 e. The number of amides is 1. The molecule has 1 aliphatic carbocycles. The molecule has 3 atom stereocenters. The molecule has 1 saturated carbocycles. The summed E-state index contributed by atoms with van der Waals surface area (Å²) in [6, 6.07) is 1.42. The Kier molecular flexibility index (Phi) is 6.72. The first-order valence-electron chi connectivity index (χ1n) is 8.33. The maximum atomic E-state index is 10.6. The summed E-state index contributed by atoms with van der Waals surface area (Å²) < 4.78 is 0. The molecule has 0 aliphatic heterocycles. The lowest BCUT2D eigenvalue weighted by Gasteiger charge is -2.35. The molecule has 0 aromatic heterocycles. The average molecular weight is 315 g/mol. The number of nitrogens with two attached hydrogens (primary N) is 1. The Bertz CT molecular complexity index is 340. The van der Waals surface area contributed by atoms with E-state index >= 15 is 0 Å². The maximum absolute atomic E-state index is 10.6. The highest BCUT2D eigenvalue weighted by molar-refractivity contribution is 6.76. The quantitative estimate of drug-likeness (QED) is 0.624. The highest BCUT2D eigenvalue weighted by Crippen LogP contribution is 2.36. The molecule has 1 fully saturated rings. The van der Waals surface area contributed by atoms with E-state index in [1.807, 2.05) is 6.92 Å². The van der Waals surface area contributed by atoms with E-state index in [0.29, 0.717) is 12.5 Å². The highest BCUT2D eigenvalue weighted by Gasteiger charge is 2.29. The van der Waals surface area contributed by atoms with Gasteiger partial charge in [0.2, 0.25) is 0 Å². The van der Waals surface area contributed by atoms with Crippen molar-refractivity contribution in [1.82, 2.24) is 5.32 Å². The van der Waals surface area contributed by atoms with Crippen LogP contribution >= 0.6 is 0 Å². The number of nitrogens with one attached hydrogen (secondary N) is 1. The van der Waals surface area contributed by atoms with Gasteiger partial charge in [-0.2, -0.15) is 0 Å². The van der Waals surface area contributed by atoms with E-state index in [9.17, 15) is 4.79 Å². The fraction of sp³-hybridized carbons (Fsp3) is 0.938. The fourth-order valence-electron chi connectivity index (χ4n) is 3.50. The molecule has 5 heteroatoms. The van der Waals surface area contributed by atoms with Crippen LogP contribution in [0.25, 0.3) is 0 Å². The molecule has 1 aliphatic rings. The Balaban J connectivity index is 2.39. The van der Waals surface area contributed by atoms with Gasteiger partial charge in [-0.05, 0) is 31.6 Å². The van der Waals surface area contributed by atoms with Gasteiger partial charge >= 0.3 is 6.09 Å². The Morgan fingerprint density at radius 1 is 1.33 bits per heavy atom. The molecule has 0 bridgehead atoms. The molecular formula is C16H34N2O2Si. The smallest absolute Gasteiger partial charge is 0.404 e. The van der Waals surface area contributed by atoms with Crippen molar-refractivity contribution in [2.24, 2.45) is 17.6 Å². The van der Waals surface area contributed by atoms with E-state index in [0.717, 1.165) is 12.3 Å². The first-order valence-corrected chi connectivity index (χ1v) is 12.0.